The lowest BCUT2D eigenvalue weighted by molar-refractivity contribution is -0.127. The molecule has 96 valence electrons. The summed E-state index contributed by atoms with van der Waals surface area (Å²) in [6.07, 6.45) is 2.32. The van der Waals surface area contributed by atoms with Crippen molar-refractivity contribution < 1.29 is 4.79 Å². The molecule has 0 saturated carbocycles. The first-order valence-corrected chi connectivity index (χ1v) is 6.00. The standard InChI is InChI=1S/C13H23N3O/c1-10(2)16-8-7-11(14-16)9-12(17)13(3,4)15(5)6/h7-8,10H,9H2,1-6H3. The molecule has 1 aromatic heterocycles. The van der Waals surface area contributed by atoms with Gasteiger partial charge in [0.15, 0.2) is 5.78 Å². The molecule has 0 aliphatic heterocycles. The number of carbonyl (C=O) groups excluding carboxylic acids is 1. The van der Waals surface area contributed by atoms with Crippen LogP contribution in [0.15, 0.2) is 12.3 Å². The van der Waals surface area contributed by atoms with Crippen molar-refractivity contribution in [1.82, 2.24) is 14.7 Å². The molecule has 0 aliphatic carbocycles. The van der Waals surface area contributed by atoms with Crippen molar-refractivity contribution in [2.24, 2.45) is 0 Å². The van der Waals surface area contributed by atoms with Gasteiger partial charge in [-0.15, -0.1) is 0 Å². The summed E-state index contributed by atoms with van der Waals surface area (Å²) in [5.41, 5.74) is 0.403. The SMILES string of the molecule is CC(C)n1ccc(CC(=O)C(C)(C)N(C)C)n1. The maximum absolute atomic E-state index is 12.2. The van der Waals surface area contributed by atoms with Gasteiger partial charge in [-0.05, 0) is 47.9 Å². The minimum absolute atomic E-state index is 0.191. The summed E-state index contributed by atoms with van der Waals surface area (Å²) in [5.74, 6) is 0.191. The molecule has 1 aromatic rings. The fraction of sp³-hybridized carbons (Fsp3) is 0.692. The normalized spacial score (nSPS) is 12.5. The second-order valence-electron chi connectivity index (χ2n) is 5.43. The van der Waals surface area contributed by atoms with Crippen LogP contribution in [0.5, 0.6) is 0 Å². The molecule has 17 heavy (non-hydrogen) atoms. The average molecular weight is 237 g/mol. The molecule has 0 aliphatic rings. The number of nitrogens with zero attached hydrogens (tertiary/aromatic N) is 3. The number of hydrogen-bond donors (Lipinski definition) is 0. The number of ketones is 1. The highest BCUT2D eigenvalue weighted by Crippen LogP contribution is 2.15. The zero-order valence-corrected chi connectivity index (χ0v) is 11.7. The van der Waals surface area contributed by atoms with E-state index in [-0.39, 0.29) is 5.78 Å². The molecule has 0 radical (unpaired) electrons. The Morgan fingerprint density at radius 2 is 2.06 bits per heavy atom. The van der Waals surface area contributed by atoms with Crippen molar-refractivity contribution in [2.45, 2.75) is 45.7 Å². The van der Waals surface area contributed by atoms with E-state index in [2.05, 4.69) is 18.9 Å². The van der Waals surface area contributed by atoms with Crippen LogP contribution in [0.25, 0.3) is 0 Å². The lowest BCUT2D eigenvalue weighted by atomic mass is 9.94. The summed E-state index contributed by atoms with van der Waals surface area (Å²) >= 11 is 0. The van der Waals surface area contributed by atoms with Crippen LogP contribution in [-0.2, 0) is 11.2 Å². The van der Waals surface area contributed by atoms with E-state index in [0.29, 0.717) is 12.5 Å². The van der Waals surface area contributed by atoms with Gasteiger partial charge in [0.2, 0.25) is 0 Å². The Morgan fingerprint density at radius 3 is 2.47 bits per heavy atom. The van der Waals surface area contributed by atoms with Crippen LogP contribution in [0.4, 0.5) is 0 Å². The van der Waals surface area contributed by atoms with Gasteiger partial charge in [-0.1, -0.05) is 0 Å². The first-order valence-electron chi connectivity index (χ1n) is 6.00. The Bertz CT molecular complexity index is 391. The molecule has 1 heterocycles. The Balaban J connectivity index is 2.74. The number of carbonyl (C=O) groups is 1. The molecule has 4 heteroatoms. The smallest absolute Gasteiger partial charge is 0.158 e. The third-order valence-corrected chi connectivity index (χ3v) is 3.33. The molecule has 0 spiro atoms. The zero-order chi connectivity index (χ0) is 13.2. The van der Waals surface area contributed by atoms with Gasteiger partial charge in [0.05, 0.1) is 17.7 Å². The van der Waals surface area contributed by atoms with Crippen molar-refractivity contribution in [3.8, 4) is 0 Å². The highest BCUT2D eigenvalue weighted by atomic mass is 16.1. The average Bonchev–Trinajstić information content (AvgIpc) is 2.65. The molecule has 0 unspecified atom stereocenters. The van der Waals surface area contributed by atoms with Crippen molar-refractivity contribution in [3.05, 3.63) is 18.0 Å². The van der Waals surface area contributed by atoms with E-state index in [1.165, 1.54) is 0 Å². The third-order valence-electron chi connectivity index (χ3n) is 3.33. The highest BCUT2D eigenvalue weighted by Gasteiger charge is 2.29. The molecule has 0 aromatic carbocycles. The summed E-state index contributed by atoms with van der Waals surface area (Å²) in [5, 5.41) is 4.40. The number of aromatic nitrogens is 2. The summed E-state index contributed by atoms with van der Waals surface area (Å²) in [6.45, 7) is 8.02. The maximum Gasteiger partial charge on any atom is 0.158 e. The zero-order valence-electron chi connectivity index (χ0n) is 11.7. The second-order valence-corrected chi connectivity index (χ2v) is 5.43. The molecule has 0 saturated heterocycles. The Morgan fingerprint density at radius 1 is 1.47 bits per heavy atom. The van der Waals surface area contributed by atoms with E-state index in [1.54, 1.807) is 0 Å². The summed E-state index contributed by atoms with van der Waals surface area (Å²) in [4.78, 5) is 14.1. The minimum atomic E-state index is -0.443. The van der Waals surface area contributed by atoms with Gasteiger partial charge in [-0.2, -0.15) is 5.10 Å². The maximum atomic E-state index is 12.2. The summed E-state index contributed by atoms with van der Waals surface area (Å²) in [7, 11) is 3.84. The van der Waals surface area contributed by atoms with Crippen LogP contribution in [0.2, 0.25) is 0 Å². The van der Waals surface area contributed by atoms with E-state index in [4.69, 9.17) is 0 Å². The lowest BCUT2D eigenvalue weighted by Gasteiger charge is -2.30. The Kier molecular flexibility index (Phi) is 4.09. The third kappa shape index (κ3) is 3.16. The lowest BCUT2D eigenvalue weighted by Crippen LogP contribution is -2.46. The van der Waals surface area contributed by atoms with Crippen molar-refractivity contribution >= 4 is 5.78 Å². The second kappa shape index (κ2) is 5.00. The number of rotatable bonds is 5. The number of hydrogen-bond acceptors (Lipinski definition) is 3. The molecule has 0 fully saturated rings. The molecular weight excluding hydrogens is 214 g/mol. The van der Waals surface area contributed by atoms with E-state index in [0.717, 1.165) is 5.69 Å². The predicted molar refractivity (Wildman–Crippen MR) is 69.1 cm³/mol. The van der Waals surface area contributed by atoms with E-state index in [1.807, 2.05) is 49.8 Å². The van der Waals surface area contributed by atoms with Crippen LogP contribution >= 0.6 is 0 Å². The van der Waals surface area contributed by atoms with Crippen LogP contribution in [0, 0.1) is 0 Å². The quantitative estimate of drug-likeness (QED) is 0.785. The van der Waals surface area contributed by atoms with E-state index >= 15 is 0 Å². The summed E-state index contributed by atoms with van der Waals surface area (Å²) in [6, 6.07) is 2.25. The van der Waals surface area contributed by atoms with E-state index in [9.17, 15) is 4.79 Å². The van der Waals surface area contributed by atoms with Gasteiger partial charge in [0.25, 0.3) is 0 Å². The van der Waals surface area contributed by atoms with Crippen LogP contribution in [0.1, 0.15) is 39.4 Å². The van der Waals surface area contributed by atoms with Gasteiger partial charge >= 0.3 is 0 Å². The molecule has 0 N–H and O–H groups in total. The molecule has 0 atom stereocenters. The Labute approximate surface area is 104 Å². The highest BCUT2D eigenvalue weighted by molar-refractivity contribution is 5.89. The van der Waals surface area contributed by atoms with Gasteiger partial charge in [-0.3, -0.25) is 14.4 Å². The summed E-state index contributed by atoms with van der Waals surface area (Å²) < 4.78 is 1.88. The topological polar surface area (TPSA) is 38.1 Å². The van der Waals surface area contributed by atoms with Gasteiger partial charge in [0, 0.05) is 12.2 Å². The van der Waals surface area contributed by atoms with Crippen LogP contribution in [0.3, 0.4) is 0 Å². The molecule has 0 amide bonds. The van der Waals surface area contributed by atoms with Gasteiger partial charge < -0.3 is 0 Å². The first kappa shape index (κ1) is 13.9. The Hall–Kier alpha value is -1.16. The van der Waals surface area contributed by atoms with Crippen molar-refractivity contribution in [1.29, 1.82) is 0 Å². The molecule has 4 nitrogen and oxygen atoms in total. The first-order chi connectivity index (χ1) is 7.75. The van der Waals surface area contributed by atoms with Crippen molar-refractivity contribution in [3.63, 3.8) is 0 Å². The van der Waals surface area contributed by atoms with Gasteiger partial charge in [0.1, 0.15) is 0 Å². The van der Waals surface area contributed by atoms with Crippen molar-refractivity contribution in [2.75, 3.05) is 14.1 Å². The van der Waals surface area contributed by atoms with Crippen LogP contribution in [-0.4, -0.2) is 40.1 Å². The molecular formula is C13H23N3O. The molecule has 0 bridgehead atoms. The molecule has 1 rings (SSSR count). The number of likely N-dealkylation sites (N-methyl/N-ethyl adjacent to an activating group) is 1. The number of Topliss-reactive ketones (excluding diaryl/α,β-unsaturated/α-hetero) is 1. The van der Waals surface area contributed by atoms with Gasteiger partial charge in [-0.25, -0.2) is 0 Å². The fourth-order valence-corrected chi connectivity index (χ4v) is 1.39. The van der Waals surface area contributed by atoms with E-state index < -0.39 is 5.54 Å². The minimum Gasteiger partial charge on any atom is -0.298 e. The van der Waals surface area contributed by atoms with Crippen LogP contribution < -0.4 is 0 Å². The fourth-order valence-electron chi connectivity index (χ4n) is 1.39. The largest absolute Gasteiger partial charge is 0.298 e. The predicted octanol–water partition coefficient (Wildman–Crippen LogP) is 1.92. The monoisotopic (exact) mass is 237 g/mol.